The predicted octanol–water partition coefficient (Wildman–Crippen LogP) is 2.39. The lowest BCUT2D eigenvalue weighted by Gasteiger charge is -2.12. The number of hydrogen-bond acceptors (Lipinski definition) is 3. The van der Waals surface area contributed by atoms with Crippen molar-refractivity contribution in [3.63, 3.8) is 0 Å². The first-order chi connectivity index (χ1) is 7.51. The number of carbonyl (C=O) groups is 1. The molecule has 0 atom stereocenters. The number of hydrogen-bond donors (Lipinski definition) is 0. The lowest BCUT2D eigenvalue weighted by Crippen LogP contribution is -2.26. The van der Waals surface area contributed by atoms with Gasteiger partial charge in [-0.1, -0.05) is 0 Å². The van der Waals surface area contributed by atoms with Crippen LogP contribution in [0.3, 0.4) is 0 Å². The number of carbonyl (C=O) groups excluding carboxylic acids is 1. The minimum Gasteiger partial charge on any atom is -0.346 e. The Morgan fingerprint density at radius 2 is 2.38 bits per heavy atom. The molecule has 0 saturated heterocycles. The molecule has 0 unspecified atom stereocenters. The molecule has 0 N–H and O–H groups in total. The summed E-state index contributed by atoms with van der Waals surface area (Å²) >= 11 is 7.91. The molecule has 3 nitrogen and oxygen atoms in total. The number of amides is 1. The van der Waals surface area contributed by atoms with E-state index in [1.54, 1.807) is 30.2 Å². The SMILES string of the molecule is CC(=O)N(C)CCc1nc(C2(Cl)CC2)cs1. The van der Waals surface area contributed by atoms with Crippen molar-refractivity contribution in [3.05, 3.63) is 16.1 Å². The van der Waals surface area contributed by atoms with E-state index in [2.05, 4.69) is 4.98 Å². The molecule has 1 aliphatic rings. The molecule has 1 heterocycles. The third kappa shape index (κ3) is 2.55. The van der Waals surface area contributed by atoms with E-state index in [1.165, 1.54) is 0 Å². The van der Waals surface area contributed by atoms with Gasteiger partial charge in [-0.15, -0.1) is 22.9 Å². The van der Waals surface area contributed by atoms with E-state index in [-0.39, 0.29) is 10.8 Å². The zero-order valence-electron chi connectivity index (χ0n) is 9.49. The fourth-order valence-corrected chi connectivity index (χ4v) is 2.56. The van der Waals surface area contributed by atoms with E-state index in [4.69, 9.17) is 11.6 Å². The third-order valence-electron chi connectivity index (χ3n) is 2.90. The van der Waals surface area contributed by atoms with Gasteiger partial charge < -0.3 is 4.90 Å². The summed E-state index contributed by atoms with van der Waals surface area (Å²) in [6.07, 6.45) is 2.88. The van der Waals surface area contributed by atoms with Crippen molar-refractivity contribution in [2.75, 3.05) is 13.6 Å². The van der Waals surface area contributed by atoms with E-state index < -0.39 is 0 Å². The molecule has 1 aromatic heterocycles. The summed E-state index contributed by atoms with van der Waals surface area (Å²) in [6, 6.07) is 0. The Labute approximate surface area is 104 Å². The summed E-state index contributed by atoms with van der Waals surface area (Å²) in [7, 11) is 1.81. The zero-order chi connectivity index (χ0) is 11.8. The highest BCUT2D eigenvalue weighted by Crippen LogP contribution is 2.51. The van der Waals surface area contributed by atoms with Gasteiger partial charge in [0.05, 0.1) is 15.6 Å². The second-order valence-corrected chi connectivity index (χ2v) is 5.95. The maximum Gasteiger partial charge on any atom is 0.219 e. The van der Waals surface area contributed by atoms with Crippen molar-refractivity contribution in [3.8, 4) is 0 Å². The minimum absolute atomic E-state index is 0.0905. The Balaban J connectivity index is 1.91. The van der Waals surface area contributed by atoms with Crippen molar-refractivity contribution < 1.29 is 4.79 Å². The van der Waals surface area contributed by atoms with Gasteiger partial charge >= 0.3 is 0 Å². The minimum atomic E-state index is -0.165. The normalized spacial score (nSPS) is 17.2. The number of likely N-dealkylation sites (N-methyl/N-ethyl adjacent to an activating group) is 1. The molecule has 0 aliphatic heterocycles. The first-order valence-electron chi connectivity index (χ1n) is 5.37. The molecule has 2 rings (SSSR count). The lowest BCUT2D eigenvalue weighted by atomic mass is 10.3. The van der Waals surface area contributed by atoms with Gasteiger partial charge in [0.1, 0.15) is 0 Å². The Morgan fingerprint density at radius 3 is 2.94 bits per heavy atom. The average Bonchev–Trinajstić information content (AvgIpc) is 2.82. The number of thiazole rings is 1. The maximum atomic E-state index is 11.0. The van der Waals surface area contributed by atoms with Gasteiger partial charge in [0.15, 0.2) is 0 Å². The number of alkyl halides is 1. The summed E-state index contributed by atoms with van der Waals surface area (Å²) in [5.74, 6) is 0.0905. The van der Waals surface area contributed by atoms with Gasteiger partial charge in [-0.2, -0.15) is 0 Å². The van der Waals surface area contributed by atoms with Gasteiger partial charge in [0.25, 0.3) is 0 Å². The summed E-state index contributed by atoms with van der Waals surface area (Å²) in [4.78, 5) is 17.1. The molecule has 88 valence electrons. The fraction of sp³-hybridized carbons (Fsp3) is 0.636. The van der Waals surface area contributed by atoms with Crippen LogP contribution in [0.1, 0.15) is 30.5 Å². The summed E-state index contributed by atoms with van der Waals surface area (Å²) in [5.41, 5.74) is 1.01. The van der Waals surface area contributed by atoms with Gasteiger partial charge in [-0.25, -0.2) is 4.98 Å². The summed E-state index contributed by atoms with van der Waals surface area (Å²) in [5, 5.41) is 3.11. The van der Waals surface area contributed by atoms with E-state index >= 15 is 0 Å². The van der Waals surface area contributed by atoms with Crippen molar-refractivity contribution in [2.45, 2.75) is 31.1 Å². The molecule has 1 aromatic rings. The molecule has 0 radical (unpaired) electrons. The topological polar surface area (TPSA) is 33.2 Å². The number of rotatable bonds is 4. The maximum absolute atomic E-state index is 11.0. The van der Waals surface area contributed by atoms with Crippen LogP contribution in [0.5, 0.6) is 0 Å². The summed E-state index contributed by atoms with van der Waals surface area (Å²) < 4.78 is 0. The van der Waals surface area contributed by atoms with Crippen LogP contribution in [0.15, 0.2) is 5.38 Å². The van der Waals surface area contributed by atoms with Crippen LogP contribution >= 0.6 is 22.9 Å². The first kappa shape index (κ1) is 11.9. The Bertz CT molecular complexity index is 400. The standard InChI is InChI=1S/C11H15ClN2OS/c1-8(15)14(2)6-3-10-13-9(7-16-10)11(12)4-5-11/h7H,3-6H2,1-2H3. The van der Waals surface area contributed by atoms with E-state index in [9.17, 15) is 4.79 Å². The molecule has 16 heavy (non-hydrogen) atoms. The van der Waals surface area contributed by atoms with Crippen molar-refractivity contribution >= 4 is 28.8 Å². The third-order valence-corrected chi connectivity index (χ3v) is 4.38. The molecule has 1 fully saturated rings. The number of nitrogens with zero attached hydrogens (tertiary/aromatic N) is 2. The van der Waals surface area contributed by atoms with Crippen LogP contribution in [0.25, 0.3) is 0 Å². The molecule has 1 saturated carbocycles. The van der Waals surface area contributed by atoms with Crippen LogP contribution in [-0.4, -0.2) is 29.4 Å². The van der Waals surface area contributed by atoms with Crippen molar-refractivity contribution in [1.82, 2.24) is 9.88 Å². The number of aromatic nitrogens is 1. The molecule has 1 aliphatic carbocycles. The molecule has 0 aromatic carbocycles. The van der Waals surface area contributed by atoms with Gasteiger partial charge in [0, 0.05) is 32.3 Å². The highest BCUT2D eigenvalue weighted by atomic mass is 35.5. The monoisotopic (exact) mass is 258 g/mol. The second-order valence-electron chi connectivity index (χ2n) is 4.28. The van der Waals surface area contributed by atoms with Gasteiger partial charge in [0.2, 0.25) is 5.91 Å². The quantitative estimate of drug-likeness (QED) is 0.777. The molecular weight excluding hydrogens is 244 g/mol. The Kier molecular flexibility index (Phi) is 3.22. The highest BCUT2D eigenvalue weighted by Gasteiger charge is 2.44. The first-order valence-corrected chi connectivity index (χ1v) is 6.62. The van der Waals surface area contributed by atoms with Gasteiger partial charge in [-0.3, -0.25) is 4.79 Å². The zero-order valence-corrected chi connectivity index (χ0v) is 11.1. The molecule has 0 spiro atoms. The lowest BCUT2D eigenvalue weighted by molar-refractivity contribution is -0.127. The summed E-state index contributed by atoms with van der Waals surface area (Å²) in [6.45, 7) is 2.29. The van der Waals surface area contributed by atoms with Crippen LogP contribution in [-0.2, 0) is 16.1 Å². The van der Waals surface area contributed by atoms with E-state index in [0.717, 1.165) is 36.5 Å². The smallest absolute Gasteiger partial charge is 0.219 e. The number of halogens is 1. The molecular formula is C11H15ClN2OS. The Hall–Kier alpha value is -0.610. The highest BCUT2D eigenvalue weighted by molar-refractivity contribution is 7.09. The predicted molar refractivity (Wildman–Crippen MR) is 65.9 cm³/mol. The van der Waals surface area contributed by atoms with Crippen LogP contribution in [0, 0.1) is 0 Å². The molecule has 1 amide bonds. The Morgan fingerprint density at radius 1 is 1.69 bits per heavy atom. The van der Waals surface area contributed by atoms with Crippen molar-refractivity contribution in [1.29, 1.82) is 0 Å². The van der Waals surface area contributed by atoms with Crippen molar-refractivity contribution in [2.24, 2.45) is 0 Å². The van der Waals surface area contributed by atoms with E-state index in [0.29, 0.717) is 0 Å². The van der Waals surface area contributed by atoms with Crippen LogP contribution in [0.2, 0.25) is 0 Å². The molecule has 5 heteroatoms. The molecule has 0 bridgehead atoms. The second kappa shape index (κ2) is 4.34. The van der Waals surface area contributed by atoms with Crippen LogP contribution < -0.4 is 0 Å². The average molecular weight is 259 g/mol. The van der Waals surface area contributed by atoms with Gasteiger partial charge in [-0.05, 0) is 12.8 Å². The fourth-order valence-electron chi connectivity index (χ4n) is 1.42. The van der Waals surface area contributed by atoms with E-state index in [1.807, 2.05) is 5.38 Å². The van der Waals surface area contributed by atoms with Crippen LogP contribution in [0.4, 0.5) is 0 Å². The largest absolute Gasteiger partial charge is 0.346 e.